The van der Waals surface area contributed by atoms with E-state index in [-0.39, 0.29) is 0 Å². The summed E-state index contributed by atoms with van der Waals surface area (Å²) in [5, 5.41) is 2.45. The van der Waals surface area contributed by atoms with Crippen LogP contribution in [0.15, 0.2) is 36.5 Å². The number of carbonyl (C=O) groups is 1. The monoisotopic (exact) mass is 339 g/mol. The predicted molar refractivity (Wildman–Crippen MR) is 98.7 cm³/mol. The zero-order chi connectivity index (χ0) is 17.1. The summed E-state index contributed by atoms with van der Waals surface area (Å²) in [6.07, 6.45) is 4.68. The van der Waals surface area contributed by atoms with Crippen molar-refractivity contribution in [2.24, 2.45) is 5.92 Å². The van der Waals surface area contributed by atoms with Crippen molar-refractivity contribution in [1.82, 2.24) is 9.88 Å². The Bertz CT molecular complexity index is 729. The van der Waals surface area contributed by atoms with Gasteiger partial charge in [-0.25, -0.2) is 4.98 Å². The van der Waals surface area contributed by atoms with Gasteiger partial charge in [-0.1, -0.05) is 24.3 Å². The zero-order valence-electron chi connectivity index (χ0n) is 14.6. The molecule has 2 saturated heterocycles. The maximum absolute atomic E-state index is 12.4. The highest BCUT2D eigenvalue weighted by atomic mass is 16.5. The first kappa shape index (κ1) is 16.3. The first-order valence-corrected chi connectivity index (χ1v) is 9.25. The molecule has 1 aromatic carbocycles. The van der Waals surface area contributed by atoms with E-state index in [2.05, 4.69) is 40.2 Å². The van der Waals surface area contributed by atoms with Crippen LogP contribution >= 0.6 is 0 Å². The van der Waals surface area contributed by atoms with Crippen LogP contribution in [-0.2, 0) is 9.53 Å². The fourth-order valence-electron chi connectivity index (χ4n) is 3.89. The van der Waals surface area contributed by atoms with Crippen LogP contribution in [0.1, 0.15) is 19.3 Å². The number of hydrogen-bond donors (Lipinski definition) is 0. The molecule has 0 aliphatic carbocycles. The molecule has 3 heterocycles. The molecule has 25 heavy (non-hydrogen) atoms. The number of fused-ring (bicyclic) bond motifs is 1. The maximum Gasteiger partial charge on any atom is 0.223 e. The van der Waals surface area contributed by atoms with Crippen LogP contribution in [0, 0.1) is 5.92 Å². The molecule has 0 radical (unpaired) electrons. The summed E-state index contributed by atoms with van der Waals surface area (Å²) in [6, 6.07) is 10.5. The summed E-state index contributed by atoms with van der Waals surface area (Å²) >= 11 is 0. The lowest BCUT2D eigenvalue weighted by Crippen LogP contribution is -2.42. The quantitative estimate of drug-likeness (QED) is 0.862. The number of ether oxygens (including phenoxy) is 1. The SMILES string of the molecule is O=C(CC1CCN(c2nccc3ccccc23)CC1)N1CCOCC1. The van der Waals surface area contributed by atoms with Crippen molar-refractivity contribution >= 4 is 22.5 Å². The lowest BCUT2D eigenvalue weighted by molar-refractivity contribution is -0.136. The van der Waals surface area contributed by atoms with Gasteiger partial charge in [0.05, 0.1) is 13.2 Å². The van der Waals surface area contributed by atoms with Crippen LogP contribution in [0.3, 0.4) is 0 Å². The standard InChI is InChI=1S/C20H25N3O2/c24-19(22-11-13-25-14-12-22)15-16-6-9-23(10-7-16)20-18-4-2-1-3-17(18)5-8-21-20/h1-5,8,16H,6-7,9-15H2. The average Bonchev–Trinajstić information content (AvgIpc) is 2.69. The highest BCUT2D eigenvalue weighted by Crippen LogP contribution is 2.29. The van der Waals surface area contributed by atoms with Gasteiger partial charge in [-0.3, -0.25) is 4.79 Å². The average molecular weight is 339 g/mol. The van der Waals surface area contributed by atoms with Gasteiger partial charge in [0.25, 0.3) is 0 Å². The molecule has 2 fully saturated rings. The van der Waals surface area contributed by atoms with Gasteiger partial charge in [0, 0.05) is 44.2 Å². The summed E-state index contributed by atoms with van der Waals surface area (Å²) in [4.78, 5) is 21.4. The Labute approximate surface area is 148 Å². The van der Waals surface area contributed by atoms with Gasteiger partial charge in [0.2, 0.25) is 5.91 Å². The van der Waals surface area contributed by atoms with Crippen LogP contribution in [0.4, 0.5) is 5.82 Å². The number of nitrogens with zero attached hydrogens (tertiary/aromatic N) is 3. The van der Waals surface area contributed by atoms with Gasteiger partial charge in [-0.2, -0.15) is 0 Å². The van der Waals surface area contributed by atoms with Crippen molar-refractivity contribution in [3.63, 3.8) is 0 Å². The van der Waals surface area contributed by atoms with Crippen molar-refractivity contribution in [3.05, 3.63) is 36.5 Å². The van der Waals surface area contributed by atoms with Gasteiger partial charge in [0.15, 0.2) is 0 Å². The Balaban J connectivity index is 1.37. The predicted octanol–water partition coefficient (Wildman–Crippen LogP) is 2.70. The van der Waals surface area contributed by atoms with Crippen molar-refractivity contribution in [2.75, 3.05) is 44.3 Å². The Morgan fingerprint density at radius 3 is 2.64 bits per heavy atom. The normalized spacial score (nSPS) is 19.4. The van der Waals surface area contributed by atoms with E-state index in [1.54, 1.807) is 0 Å². The number of anilines is 1. The second-order valence-corrected chi connectivity index (χ2v) is 6.98. The van der Waals surface area contributed by atoms with Crippen LogP contribution in [0.25, 0.3) is 10.8 Å². The summed E-state index contributed by atoms with van der Waals surface area (Å²) in [6.45, 7) is 4.80. The number of pyridine rings is 1. The van der Waals surface area contributed by atoms with Crippen LogP contribution in [0.5, 0.6) is 0 Å². The number of carbonyl (C=O) groups excluding carboxylic acids is 1. The summed E-state index contributed by atoms with van der Waals surface area (Å²) in [7, 11) is 0. The minimum absolute atomic E-state index is 0.296. The van der Waals surface area contributed by atoms with E-state index in [0.717, 1.165) is 44.8 Å². The van der Waals surface area contributed by atoms with Crippen molar-refractivity contribution in [1.29, 1.82) is 0 Å². The Kier molecular flexibility index (Phi) is 4.83. The highest BCUT2D eigenvalue weighted by molar-refractivity contribution is 5.92. The Morgan fingerprint density at radius 2 is 1.84 bits per heavy atom. The number of amides is 1. The zero-order valence-corrected chi connectivity index (χ0v) is 14.6. The number of hydrogen-bond acceptors (Lipinski definition) is 4. The summed E-state index contributed by atoms with van der Waals surface area (Å²) in [5.74, 6) is 1.86. The molecule has 132 valence electrons. The van der Waals surface area contributed by atoms with Gasteiger partial charge in [-0.05, 0) is 30.2 Å². The smallest absolute Gasteiger partial charge is 0.223 e. The number of morpholine rings is 1. The minimum Gasteiger partial charge on any atom is -0.378 e. The molecular formula is C20H25N3O2. The molecule has 5 nitrogen and oxygen atoms in total. The fraction of sp³-hybridized carbons (Fsp3) is 0.500. The first-order valence-electron chi connectivity index (χ1n) is 9.25. The molecule has 1 aromatic heterocycles. The fourth-order valence-corrected chi connectivity index (χ4v) is 3.89. The molecule has 0 bridgehead atoms. The Hall–Kier alpha value is -2.14. The van der Waals surface area contributed by atoms with E-state index in [1.165, 1.54) is 10.8 Å². The highest BCUT2D eigenvalue weighted by Gasteiger charge is 2.25. The molecular weight excluding hydrogens is 314 g/mol. The van der Waals surface area contributed by atoms with Gasteiger partial charge in [0.1, 0.15) is 5.82 Å². The molecule has 0 N–H and O–H groups in total. The molecule has 0 saturated carbocycles. The molecule has 4 rings (SSSR count). The maximum atomic E-state index is 12.4. The number of benzene rings is 1. The molecule has 0 atom stereocenters. The largest absolute Gasteiger partial charge is 0.378 e. The van der Waals surface area contributed by atoms with Gasteiger partial charge >= 0.3 is 0 Å². The van der Waals surface area contributed by atoms with Gasteiger partial charge < -0.3 is 14.5 Å². The molecule has 2 aromatic rings. The van der Waals surface area contributed by atoms with E-state index in [1.807, 2.05) is 11.1 Å². The first-order chi connectivity index (χ1) is 12.3. The summed E-state index contributed by atoms with van der Waals surface area (Å²) in [5.41, 5.74) is 0. The molecule has 0 spiro atoms. The summed E-state index contributed by atoms with van der Waals surface area (Å²) < 4.78 is 5.33. The number of piperidine rings is 1. The lowest BCUT2D eigenvalue weighted by Gasteiger charge is -2.34. The van der Waals surface area contributed by atoms with Crippen molar-refractivity contribution in [2.45, 2.75) is 19.3 Å². The number of rotatable bonds is 3. The second kappa shape index (κ2) is 7.40. The van der Waals surface area contributed by atoms with Crippen LogP contribution in [0.2, 0.25) is 0 Å². The van der Waals surface area contributed by atoms with Crippen molar-refractivity contribution in [3.8, 4) is 0 Å². The van der Waals surface area contributed by atoms with E-state index in [0.29, 0.717) is 31.5 Å². The Morgan fingerprint density at radius 1 is 1.08 bits per heavy atom. The molecule has 2 aliphatic rings. The molecule has 2 aliphatic heterocycles. The van der Waals surface area contributed by atoms with Gasteiger partial charge in [-0.15, -0.1) is 0 Å². The van der Waals surface area contributed by atoms with E-state index < -0.39 is 0 Å². The number of aromatic nitrogens is 1. The third kappa shape index (κ3) is 3.61. The van der Waals surface area contributed by atoms with Crippen molar-refractivity contribution < 1.29 is 9.53 Å². The minimum atomic E-state index is 0.296. The van der Waals surface area contributed by atoms with E-state index >= 15 is 0 Å². The molecule has 5 heteroatoms. The topological polar surface area (TPSA) is 45.7 Å². The second-order valence-electron chi connectivity index (χ2n) is 6.98. The van der Waals surface area contributed by atoms with Crippen LogP contribution in [-0.4, -0.2) is 55.2 Å². The van der Waals surface area contributed by atoms with E-state index in [4.69, 9.17) is 4.74 Å². The third-order valence-electron chi connectivity index (χ3n) is 5.39. The van der Waals surface area contributed by atoms with E-state index in [9.17, 15) is 4.79 Å². The molecule has 1 amide bonds. The van der Waals surface area contributed by atoms with Crippen LogP contribution < -0.4 is 4.90 Å². The third-order valence-corrected chi connectivity index (χ3v) is 5.39. The lowest BCUT2D eigenvalue weighted by atomic mass is 9.92. The molecule has 0 unspecified atom stereocenters.